The first-order chi connectivity index (χ1) is 13.2. The van der Waals surface area contributed by atoms with Crippen molar-refractivity contribution < 1.29 is 23.8 Å². The number of esters is 2. The van der Waals surface area contributed by atoms with E-state index in [1.54, 1.807) is 31.4 Å². The second-order valence-electron chi connectivity index (χ2n) is 6.74. The van der Waals surface area contributed by atoms with Gasteiger partial charge in [-0.15, -0.1) is 0 Å². The minimum atomic E-state index is -0.240. The van der Waals surface area contributed by atoms with Crippen LogP contribution in [0.25, 0.3) is 0 Å². The largest absolute Gasteiger partial charge is 0.497 e. The normalized spacial score (nSPS) is 19.1. The summed E-state index contributed by atoms with van der Waals surface area (Å²) >= 11 is 0. The maximum atomic E-state index is 12.3. The van der Waals surface area contributed by atoms with Gasteiger partial charge in [0.1, 0.15) is 18.1 Å². The number of benzene rings is 2. The number of rotatable bonds is 6. The van der Waals surface area contributed by atoms with E-state index in [4.69, 9.17) is 14.2 Å². The van der Waals surface area contributed by atoms with Gasteiger partial charge < -0.3 is 14.2 Å². The third-order valence-electron chi connectivity index (χ3n) is 4.90. The molecule has 0 aromatic heterocycles. The molecule has 5 nitrogen and oxygen atoms in total. The zero-order chi connectivity index (χ0) is 19.1. The number of ether oxygens (including phenoxy) is 3. The SMILES string of the molecule is COc1ccc(OC(=O)C2CCC(C(=O)OCc3ccccc3)CC2)cc1. The number of hydrogen-bond acceptors (Lipinski definition) is 5. The summed E-state index contributed by atoms with van der Waals surface area (Å²) in [5.74, 6) is 0.482. The summed E-state index contributed by atoms with van der Waals surface area (Å²) < 4.78 is 15.9. The van der Waals surface area contributed by atoms with Crippen molar-refractivity contribution in [3.63, 3.8) is 0 Å². The van der Waals surface area contributed by atoms with Crippen LogP contribution in [0.15, 0.2) is 54.6 Å². The molecule has 0 amide bonds. The molecular formula is C22H24O5. The molecule has 0 spiro atoms. The van der Waals surface area contributed by atoms with Crippen molar-refractivity contribution in [3.05, 3.63) is 60.2 Å². The summed E-state index contributed by atoms with van der Waals surface area (Å²) in [6, 6.07) is 16.6. The van der Waals surface area contributed by atoms with E-state index >= 15 is 0 Å². The summed E-state index contributed by atoms with van der Waals surface area (Å²) in [7, 11) is 1.59. The van der Waals surface area contributed by atoms with E-state index in [0.717, 1.165) is 5.56 Å². The van der Waals surface area contributed by atoms with E-state index in [-0.39, 0.29) is 23.8 Å². The molecule has 0 bridgehead atoms. The Morgan fingerprint density at radius 3 is 1.96 bits per heavy atom. The van der Waals surface area contributed by atoms with Crippen molar-refractivity contribution in [2.24, 2.45) is 11.8 Å². The Morgan fingerprint density at radius 2 is 1.37 bits per heavy atom. The number of methoxy groups -OCH3 is 1. The van der Waals surface area contributed by atoms with Gasteiger partial charge in [0.2, 0.25) is 0 Å². The zero-order valence-electron chi connectivity index (χ0n) is 15.4. The third kappa shape index (κ3) is 5.33. The highest BCUT2D eigenvalue weighted by atomic mass is 16.5. The molecule has 5 heteroatoms. The highest BCUT2D eigenvalue weighted by molar-refractivity contribution is 5.76. The first-order valence-electron chi connectivity index (χ1n) is 9.22. The van der Waals surface area contributed by atoms with Crippen molar-refractivity contribution in [2.45, 2.75) is 32.3 Å². The predicted octanol–water partition coefficient (Wildman–Crippen LogP) is 4.15. The standard InChI is InChI=1S/C22H24O5/c1-25-19-11-13-20(14-12-19)27-22(24)18-9-7-17(8-10-18)21(23)26-15-16-5-3-2-4-6-16/h2-6,11-14,17-18H,7-10,15H2,1H3. The fraction of sp³-hybridized carbons (Fsp3) is 0.364. The summed E-state index contributed by atoms with van der Waals surface area (Å²) in [6.45, 7) is 0.291. The van der Waals surface area contributed by atoms with Crippen LogP contribution in [0.3, 0.4) is 0 Å². The van der Waals surface area contributed by atoms with Gasteiger partial charge in [-0.25, -0.2) is 0 Å². The van der Waals surface area contributed by atoms with Gasteiger partial charge in [0.15, 0.2) is 0 Å². The molecule has 0 atom stereocenters. The van der Waals surface area contributed by atoms with E-state index in [2.05, 4.69) is 0 Å². The van der Waals surface area contributed by atoms with Crippen LogP contribution in [0.5, 0.6) is 11.5 Å². The molecule has 1 saturated carbocycles. The van der Waals surface area contributed by atoms with Crippen molar-refractivity contribution >= 4 is 11.9 Å². The van der Waals surface area contributed by atoms with Gasteiger partial charge in [0.25, 0.3) is 0 Å². The number of carbonyl (C=O) groups excluding carboxylic acids is 2. The Bertz CT molecular complexity index is 746. The molecule has 1 fully saturated rings. The Hall–Kier alpha value is -2.82. The first-order valence-corrected chi connectivity index (χ1v) is 9.22. The molecule has 0 N–H and O–H groups in total. The maximum absolute atomic E-state index is 12.3. The lowest BCUT2D eigenvalue weighted by atomic mass is 9.82. The molecule has 1 aliphatic rings. The predicted molar refractivity (Wildman–Crippen MR) is 100 cm³/mol. The summed E-state index contributed by atoms with van der Waals surface area (Å²) in [4.78, 5) is 24.6. The molecule has 3 rings (SSSR count). The van der Waals surface area contributed by atoms with Crippen LogP contribution in [0.2, 0.25) is 0 Å². The molecule has 0 unspecified atom stereocenters. The molecule has 0 aliphatic heterocycles. The zero-order valence-corrected chi connectivity index (χ0v) is 15.4. The summed E-state index contributed by atoms with van der Waals surface area (Å²) in [5, 5.41) is 0. The van der Waals surface area contributed by atoms with Gasteiger partial charge in [-0.1, -0.05) is 30.3 Å². The molecule has 2 aromatic carbocycles. The van der Waals surface area contributed by atoms with Gasteiger partial charge in [-0.2, -0.15) is 0 Å². The third-order valence-corrected chi connectivity index (χ3v) is 4.90. The molecule has 1 aliphatic carbocycles. The van der Waals surface area contributed by atoms with Gasteiger partial charge in [-0.05, 0) is 55.5 Å². The lowest BCUT2D eigenvalue weighted by Gasteiger charge is -2.25. The van der Waals surface area contributed by atoms with Crippen LogP contribution in [-0.4, -0.2) is 19.0 Å². The smallest absolute Gasteiger partial charge is 0.314 e. The van der Waals surface area contributed by atoms with Crippen LogP contribution in [0, 0.1) is 11.8 Å². The fourth-order valence-electron chi connectivity index (χ4n) is 3.25. The van der Waals surface area contributed by atoms with Crippen molar-refractivity contribution in [1.29, 1.82) is 0 Å². The van der Waals surface area contributed by atoms with E-state index in [9.17, 15) is 9.59 Å². The van der Waals surface area contributed by atoms with E-state index in [1.807, 2.05) is 30.3 Å². The van der Waals surface area contributed by atoms with Gasteiger partial charge >= 0.3 is 11.9 Å². The van der Waals surface area contributed by atoms with Crippen molar-refractivity contribution in [2.75, 3.05) is 7.11 Å². The minimum absolute atomic E-state index is 0.140. The van der Waals surface area contributed by atoms with Crippen molar-refractivity contribution in [3.8, 4) is 11.5 Å². The van der Waals surface area contributed by atoms with Crippen molar-refractivity contribution in [1.82, 2.24) is 0 Å². The first kappa shape index (κ1) is 19.0. The average Bonchev–Trinajstić information content (AvgIpc) is 2.73. The fourth-order valence-corrected chi connectivity index (χ4v) is 3.25. The van der Waals surface area contributed by atoms with Crippen LogP contribution in [0.4, 0.5) is 0 Å². The van der Waals surface area contributed by atoms with E-state index in [0.29, 0.717) is 43.8 Å². The molecule has 27 heavy (non-hydrogen) atoms. The maximum Gasteiger partial charge on any atom is 0.314 e. The van der Waals surface area contributed by atoms with Gasteiger partial charge in [0.05, 0.1) is 18.9 Å². The van der Waals surface area contributed by atoms with Crippen LogP contribution in [0.1, 0.15) is 31.2 Å². The molecule has 0 saturated heterocycles. The highest BCUT2D eigenvalue weighted by Gasteiger charge is 2.31. The monoisotopic (exact) mass is 368 g/mol. The highest BCUT2D eigenvalue weighted by Crippen LogP contribution is 2.31. The minimum Gasteiger partial charge on any atom is -0.497 e. The molecule has 0 heterocycles. The Morgan fingerprint density at radius 1 is 0.815 bits per heavy atom. The molecule has 2 aromatic rings. The van der Waals surface area contributed by atoms with Gasteiger partial charge in [0, 0.05) is 0 Å². The van der Waals surface area contributed by atoms with Crippen LogP contribution in [-0.2, 0) is 20.9 Å². The molecular weight excluding hydrogens is 344 g/mol. The van der Waals surface area contributed by atoms with Crippen LogP contribution >= 0.6 is 0 Å². The average molecular weight is 368 g/mol. The summed E-state index contributed by atoms with van der Waals surface area (Å²) in [6.07, 6.45) is 2.58. The van der Waals surface area contributed by atoms with E-state index in [1.165, 1.54) is 0 Å². The second-order valence-corrected chi connectivity index (χ2v) is 6.74. The molecule has 142 valence electrons. The molecule has 0 radical (unpaired) electrons. The topological polar surface area (TPSA) is 61.8 Å². The number of hydrogen-bond donors (Lipinski definition) is 0. The lowest BCUT2D eigenvalue weighted by Crippen LogP contribution is -2.29. The Balaban J connectivity index is 1.43. The number of carbonyl (C=O) groups is 2. The Labute approximate surface area is 159 Å². The lowest BCUT2D eigenvalue weighted by molar-refractivity contribution is -0.153. The van der Waals surface area contributed by atoms with E-state index < -0.39 is 0 Å². The van der Waals surface area contributed by atoms with Gasteiger partial charge in [-0.3, -0.25) is 9.59 Å². The van der Waals surface area contributed by atoms with Crippen LogP contribution < -0.4 is 9.47 Å². The summed E-state index contributed by atoms with van der Waals surface area (Å²) in [5.41, 5.74) is 0.975. The quantitative estimate of drug-likeness (QED) is 0.566. The second kappa shape index (κ2) is 9.21. The Kier molecular flexibility index (Phi) is 6.47.